The molecule has 2 unspecified atom stereocenters. The zero-order valence-corrected chi connectivity index (χ0v) is 47.2. The van der Waals surface area contributed by atoms with Crippen molar-refractivity contribution in [3.63, 3.8) is 0 Å². The molecule has 0 amide bonds. The summed E-state index contributed by atoms with van der Waals surface area (Å²) in [6.07, 6.45) is 27.9. The van der Waals surface area contributed by atoms with Crippen LogP contribution < -0.4 is 0 Å². The average Bonchev–Trinajstić information content (AvgIpc) is 3.21. The van der Waals surface area contributed by atoms with E-state index in [2.05, 4.69) is 134 Å². The van der Waals surface area contributed by atoms with Crippen molar-refractivity contribution in [3.05, 3.63) is 86.5 Å². The zero-order valence-electron chi connectivity index (χ0n) is 46.3. The van der Waals surface area contributed by atoms with E-state index in [0.717, 1.165) is 59.1 Å². The van der Waals surface area contributed by atoms with Crippen LogP contribution in [-0.4, -0.2) is 30.0 Å². The first kappa shape index (κ1) is 61.5. The summed E-state index contributed by atoms with van der Waals surface area (Å²) >= 11 is 0. The highest BCUT2D eigenvalue weighted by molar-refractivity contribution is 7.38. The fraction of sp³-hybridized carbons (Fsp3) is 0.705. The van der Waals surface area contributed by atoms with E-state index in [1.807, 2.05) is 6.07 Å². The maximum atomic E-state index is 11.7. The molecule has 3 aromatic rings. The van der Waals surface area contributed by atoms with Crippen molar-refractivity contribution in [1.82, 2.24) is 0 Å². The SMILES string of the molecule is CCCCCCCCCCCCC(C(C)c1cc(C(C)(C)C)c(O)cc1C)C(CCCCCCCCCCCC)(c1cc(C(C)(C)C)c(O)cc1C)c1cc(C(C)(C)C)c(O)cc1C.OP(O)O. The standard InChI is InChI=1S/C61H100O3.H3O3P/c1-16-18-20-22-24-26-28-30-32-34-36-49(47(6)48-41-52(58(7,8)9)55(62)38-44(48)3)61(37-35-33-31-29-27-25-23-21-19-17-2,50-42-53(59(10,11)12)56(63)39-45(50)4)51-43-54(60(13,14)15)57(64)40-46(51)5;1-4(2)3/h38-43,47,49,62-64H,16-37H2,1-15H3;1-3H. The smallest absolute Gasteiger partial charge is 0.324 e. The average molecular weight is 963 g/mol. The maximum Gasteiger partial charge on any atom is 0.324 e. The lowest BCUT2D eigenvalue weighted by atomic mass is 9.55. The Bertz CT molecular complexity index is 1840. The highest BCUT2D eigenvalue weighted by Gasteiger charge is 2.47. The molecule has 7 heteroatoms. The van der Waals surface area contributed by atoms with E-state index in [1.54, 1.807) is 0 Å². The molecule has 0 spiro atoms. The van der Waals surface area contributed by atoms with Crippen molar-refractivity contribution in [1.29, 1.82) is 0 Å². The second kappa shape index (κ2) is 29.0. The molecule has 6 nitrogen and oxygen atoms in total. The molecule has 0 saturated carbocycles. The van der Waals surface area contributed by atoms with E-state index in [4.69, 9.17) is 14.7 Å². The van der Waals surface area contributed by atoms with Crippen LogP contribution in [0.25, 0.3) is 0 Å². The van der Waals surface area contributed by atoms with Crippen LogP contribution in [0.5, 0.6) is 17.2 Å². The number of rotatable bonds is 27. The molecule has 0 bridgehead atoms. The molecule has 0 aliphatic carbocycles. The van der Waals surface area contributed by atoms with E-state index in [-0.39, 0.29) is 28.1 Å². The minimum atomic E-state index is -2.62. The number of phenolic OH excluding ortho intramolecular Hbond substituents is 3. The van der Waals surface area contributed by atoms with Gasteiger partial charge in [-0.15, -0.1) is 0 Å². The molecular weight excluding hydrogens is 860 g/mol. The minimum absolute atomic E-state index is 0.154. The highest BCUT2D eigenvalue weighted by Crippen LogP contribution is 2.56. The molecular formula is C61H103O6P. The minimum Gasteiger partial charge on any atom is -0.508 e. The molecule has 388 valence electrons. The number of aromatic hydroxyl groups is 3. The van der Waals surface area contributed by atoms with Gasteiger partial charge in [-0.1, -0.05) is 230 Å². The van der Waals surface area contributed by atoms with Gasteiger partial charge in [0.1, 0.15) is 17.2 Å². The first-order chi connectivity index (χ1) is 31.7. The summed E-state index contributed by atoms with van der Waals surface area (Å²) in [6.45, 7) is 33.8. The van der Waals surface area contributed by atoms with E-state index in [1.165, 1.54) is 132 Å². The fourth-order valence-corrected chi connectivity index (χ4v) is 11.2. The predicted octanol–water partition coefficient (Wildman–Crippen LogP) is 18.1. The second-order valence-electron chi connectivity index (χ2n) is 23.9. The Balaban J connectivity index is 0.00000381. The third-order valence-electron chi connectivity index (χ3n) is 15.0. The summed E-state index contributed by atoms with van der Waals surface area (Å²) in [6, 6.07) is 13.3. The van der Waals surface area contributed by atoms with Crippen molar-refractivity contribution < 1.29 is 30.0 Å². The van der Waals surface area contributed by atoms with Gasteiger partial charge in [0, 0.05) is 5.41 Å². The molecule has 6 N–H and O–H groups in total. The lowest BCUT2D eigenvalue weighted by Gasteiger charge is -2.48. The molecule has 0 saturated heterocycles. The first-order valence-electron chi connectivity index (χ1n) is 27.1. The van der Waals surface area contributed by atoms with Gasteiger partial charge in [0.2, 0.25) is 0 Å². The number of phenols is 3. The van der Waals surface area contributed by atoms with Crippen molar-refractivity contribution in [2.24, 2.45) is 5.92 Å². The van der Waals surface area contributed by atoms with Crippen LogP contribution in [0.2, 0.25) is 0 Å². The second-order valence-corrected chi connectivity index (χ2v) is 24.4. The molecule has 0 fully saturated rings. The molecule has 0 heterocycles. The molecule has 3 aromatic carbocycles. The van der Waals surface area contributed by atoms with Crippen LogP contribution in [-0.2, 0) is 21.7 Å². The Morgan fingerprint density at radius 1 is 0.412 bits per heavy atom. The summed E-state index contributed by atoms with van der Waals surface area (Å²) in [4.78, 5) is 21.7. The summed E-state index contributed by atoms with van der Waals surface area (Å²) in [5, 5.41) is 34.9. The van der Waals surface area contributed by atoms with E-state index < -0.39 is 14.0 Å². The van der Waals surface area contributed by atoms with Crippen LogP contribution in [0.15, 0.2) is 36.4 Å². The van der Waals surface area contributed by atoms with Gasteiger partial charge >= 0.3 is 8.60 Å². The van der Waals surface area contributed by atoms with Crippen LogP contribution in [0, 0.1) is 26.7 Å². The van der Waals surface area contributed by atoms with Gasteiger partial charge in [0.15, 0.2) is 0 Å². The molecule has 0 aliphatic rings. The van der Waals surface area contributed by atoms with Gasteiger partial charge in [-0.2, -0.15) is 0 Å². The lowest BCUT2D eigenvalue weighted by molar-refractivity contribution is 0.229. The summed E-state index contributed by atoms with van der Waals surface area (Å²) in [5.74, 6) is 1.49. The largest absolute Gasteiger partial charge is 0.508 e. The number of hydrogen-bond donors (Lipinski definition) is 6. The van der Waals surface area contributed by atoms with Gasteiger partial charge in [0.25, 0.3) is 0 Å². The van der Waals surface area contributed by atoms with E-state index in [9.17, 15) is 15.3 Å². The summed E-state index contributed by atoms with van der Waals surface area (Å²) < 4.78 is 0. The molecule has 3 rings (SSSR count). The van der Waals surface area contributed by atoms with Crippen LogP contribution in [0.3, 0.4) is 0 Å². The Morgan fingerprint density at radius 2 is 0.706 bits per heavy atom. The lowest BCUT2D eigenvalue weighted by Crippen LogP contribution is -2.42. The number of aryl methyl sites for hydroxylation is 3. The van der Waals surface area contributed by atoms with Crippen molar-refractivity contribution in [2.75, 3.05) is 0 Å². The van der Waals surface area contributed by atoms with Crippen LogP contribution in [0.4, 0.5) is 0 Å². The van der Waals surface area contributed by atoms with Gasteiger partial charge in [0.05, 0.1) is 0 Å². The van der Waals surface area contributed by atoms with Crippen molar-refractivity contribution in [2.45, 2.75) is 273 Å². The Kier molecular flexibility index (Phi) is 26.2. The summed E-state index contributed by atoms with van der Waals surface area (Å²) in [5.41, 5.74) is 9.24. The monoisotopic (exact) mass is 963 g/mol. The Labute approximate surface area is 419 Å². The zero-order chi connectivity index (χ0) is 51.5. The third kappa shape index (κ3) is 18.8. The van der Waals surface area contributed by atoms with Gasteiger partial charge in [-0.05, 0) is 130 Å². The molecule has 0 aliphatic heterocycles. The quantitative estimate of drug-likeness (QED) is 0.0334. The van der Waals surface area contributed by atoms with Gasteiger partial charge in [-0.25, -0.2) is 0 Å². The van der Waals surface area contributed by atoms with E-state index >= 15 is 0 Å². The van der Waals surface area contributed by atoms with Crippen LogP contribution in [0.1, 0.15) is 280 Å². The predicted molar refractivity (Wildman–Crippen MR) is 294 cm³/mol. The Hall–Kier alpha value is -2.63. The molecule has 68 heavy (non-hydrogen) atoms. The normalized spacial score (nSPS) is 13.5. The van der Waals surface area contributed by atoms with Crippen molar-refractivity contribution in [3.8, 4) is 17.2 Å². The van der Waals surface area contributed by atoms with Gasteiger partial charge in [-0.3, -0.25) is 0 Å². The van der Waals surface area contributed by atoms with Crippen molar-refractivity contribution >= 4 is 8.60 Å². The number of hydrogen-bond acceptors (Lipinski definition) is 6. The molecule has 0 aromatic heterocycles. The first-order valence-corrected chi connectivity index (χ1v) is 28.3. The van der Waals surface area contributed by atoms with E-state index in [0.29, 0.717) is 17.2 Å². The third-order valence-corrected chi connectivity index (χ3v) is 15.0. The Morgan fingerprint density at radius 3 is 1.04 bits per heavy atom. The fourth-order valence-electron chi connectivity index (χ4n) is 11.2. The van der Waals surface area contributed by atoms with Crippen LogP contribution >= 0.6 is 8.60 Å². The maximum absolute atomic E-state index is 11.7. The number of unbranched alkanes of at least 4 members (excludes halogenated alkanes) is 18. The molecule has 2 atom stereocenters. The van der Waals surface area contributed by atoms with Gasteiger partial charge < -0.3 is 30.0 Å². The topological polar surface area (TPSA) is 121 Å². The molecule has 0 radical (unpaired) electrons. The number of benzene rings is 3. The summed E-state index contributed by atoms with van der Waals surface area (Å²) in [7, 11) is -2.62. The highest BCUT2D eigenvalue weighted by atomic mass is 31.2.